The summed E-state index contributed by atoms with van der Waals surface area (Å²) in [7, 11) is 0. The molecule has 0 bridgehead atoms. The third kappa shape index (κ3) is 4.77. The van der Waals surface area contributed by atoms with E-state index in [1.54, 1.807) is 0 Å². The Morgan fingerprint density at radius 2 is 2.22 bits per heavy atom. The maximum absolute atomic E-state index is 11.8. The number of esters is 1. The normalized spacial score (nSPS) is 18.4. The molecule has 0 N–H and O–H groups in total. The molecule has 3 heterocycles. The second-order valence-electron chi connectivity index (χ2n) is 6.47. The van der Waals surface area contributed by atoms with Gasteiger partial charge in [0.25, 0.3) is 0 Å². The van der Waals surface area contributed by atoms with Crippen molar-refractivity contribution >= 4 is 17.3 Å². The first kappa shape index (κ1) is 18.2. The van der Waals surface area contributed by atoms with Crippen LogP contribution in [0.4, 0.5) is 0 Å². The number of carbonyl (C=O) groups is 1. The molecular weight excluding hydrogens is 370 g/mol. The van der Waals surface area contributed by atoms with Crippen molar-refractivity contribution in [3.05, 3.63) is 29.3 Å². The van der Waals surface area contributed by atoms with Gasteiger partial charge in [-0.05, 0) is 31.0 Å². The summed E-state index contributed by atoms with van der Waals surface area (Å²) >= 11 is 1.49. The van der Waals surface area contributed by atoms with E-state index in [9.17, 15) is 4.79 Å². The van der Waals surface area contributed by atoms with Crippen LogP contribution in [0.3, 0.4) is 0 Å². The lowest BCUT2D eigenvalue weighted by atomic mass is 10.0. The molecule has 2 aromatic rings. The van der Waals surface area contributed by atoms with Crippen LogP contribution in [0.5, 0.6) is 11.5 Å². The molecule has 0 amide bonds. The van der Waals surface area contributed by atoms with Gasteiger partial charge in [-0.25, -0.2) is 9.78 Å². The van der Waals surface area contributed by atoms with E-state index in [0.29, 0.717) is 24.8 Å². The van der Waals surface area contributed by atoms with Crippen molar-refractivity contribution in [2.24, 2.45) is 5.92 Å². The number of hydrogen-bond donors (Lipinski definition) is 0. The third-order valence-electron chi connectivity index (χ3n) is 4.38. The van der Waals surface area contributed by atoms with Crippen molar-refractivity contribution < 1.29 is 28.5 Å². The molecular formula is C19H21NO6S. The molecule has 1 atom stereocenters. The van der Waals surface area contributed by atoms with Crippen molar-refractivity contribution in [3.63, 3.8) is 0 Å². The van der Waals surface area contributed by atoms with E-state index in [1.807, 2.05) is 23.6 Å². The monoisotopic (exact) mass is 391 g/mol. The Labute approximate surface area is 161 Å². The van der Waals surface area contributed by atoms with Crippen LogP contribution in [0.2, 0.25) is 0 Å². The molecule has 144 valence electrons. The number of nitrogens with zero attached hydrogens (tertiary/aromatic N) is 1. The fourth-order valence-electron chi connectivity index (χ4n) is 2.98. The second kappa shape index (κ2) is 8.69. The van der Waals surface area contributed by atoms with Crippen LogP contribution in [0.1, 0.15) is 18.5 Å². The van der Waals surface area contributed by atoms with Gasteiger partial charge in [-0.15, -0.1) is 11.3 Å². The Hall–Kier alpha value is -2.16. The fraction of sp³-hybridized carbons (Fsp3) is 0.474. The molecule has 1 fully saturated rings. The van der Waals surface area contributed by atoms with E-state index in [2.05, 4.69) is 4.98 Å². The number of hydrogen-bond acceptors (Lipinski definition) is 8. The van der Waals surface area contributed by atoms with Gasteiger partial charge in [0, 0.05) is 23.5 Å². The average molecular weight is 391 g/mol. The van der Waals surface area contributed by atoms with Gasteiger partial charge in [-0.2, -0.15) is 0 Å². The predicted octanol–water partition coefficient (Wildman–Crippen LogP) is 3.03. The zero-order chi connectivity index (χ0) is 18.5. The zero-order valence-corrected chi connectivity index (χ0v) is 15.7. The summed E-state index contributed by atoms with van der Waals surface area (Å²) < 4.78 is 26.8. The van der Waals surface area contributed by atoms with E-state index in [4.69, 9.17) is 23.7 Å². The minimum Gasteiger partial charge on any atom is -0.457 e. The molecule has 0 spiro atoms. The highest BCUT2D eigenvalue weighted by Gasteiger charge is 2.17. The molecule has 4 rings (SSSR count). The molecule has 0 aliphatic carbocycles. The number of aromatic nitrogens is 1. The maximum atomic E-state index is 11.8. The standard InChI is InChI=1S/C19H21NO6S/c21-18(10-23-8-13-2-1-5-22-7-13)24-9-15-11-27-19(20-15)14-3-4-16-17(6-14)26-12-25-16/h3-4,6,11,13H,1-2,5,7-10,12H2. The summed E-state index contributed by atoms with van der Waals surface area (Å²) in [5.74, 6) is 1.44. The number of rotatable bonds is 7. The van der Waals surface area contributed by atoms with Crippen LogP contribution in [-0.2, 0) is 25.6 Å². The minimum absolute atomic E-state index is 0.0460. The van der Waals surface area contributed by atoms with Crippen LogP contribution in [0.15, 0.2) is 23.6 Å². The highest BCUT2D eigenvalue weighted by Crippen LogP contribution is 2.36. The van der Waals surface area contributed by atoms with E-state index >= 15 is 0 Å². The van der Waals surface area contributed by atoms with Gasteiger partial charge in [0.15, 0.2) is 11.5 Å². The number of fused-ring (bicyclic) bond motifs is 1. The SMILES string of the molecule is O=C(COCC1CCCOC1)OCc1csc(-c2ccc3c(c2)OCO3)n1. The smallest absolute Gasteiger partial charge is 0.332 e. The minimum atomic E-state index is -0.385. The number of thiazole rings is 1. The lowest BCUT2D eigenvalue weighted by Crippen LogP contribution is -2.23. The quantitative estimate of drug-likeness (QED) is 0.672. The second-order valence-corrected chi connectivity index (χ2v) is 7.33. The third-order valence-corrected chi connectivity index (χ3v) is 5.32. The van der Waals surface area contributed by atoms with Crippen LogP contribution in [0.25, 0.3) is 10.6 Å². The molecule has 0 saturated carbocycles. The maximum Gasteiger partial charge on any atom is 0.332 e. The Morgan fingerprint density at radius 3 is 3.11 bits per heavy atom. The van der Waals surface area contributed by atoms with E-state index in [0.717, 1.165) is 41.5 Å². The van der Waals surface area contributed by atoms with Crippen LogP contribution >= 0.6 is 11.3 Å². The molecule has 1 aromatic heterocycles. The number of carbonyl (C=O) groups excluding carboxylic acids is 1. The van der Waals surface area contributed by atoms with Crippen molar-refractivity contribution in [2.45, 2.75) is 19.4 Å². The molecule has 8 heteroatoms. The van der Waals surface area contributed by atoms with Crippen molar-refractivity contribution in [1.29, 1.82) is 0 Å². The molecule has 0 radical (unpaired) electrons. The summed E-state index contributed by atoms with van der Waals surface area (Å²) in [6, 6.07) is 5.71. The molecule has 7 nitrogen and oxygen atoms in total. The van der Waals surface area contributed by atoms with Crippen LogP contribution in [-0.4, -0.2) is 44.2 Å². The lowest BCUT2D eigenvalue weighted by molar-refractivity contribution is -0.151. The zero-order valence-electron chi connectivity index (χ0n) is 14.8. The van der Waals surface area contributed by atoms with Gasteiger partial charge in [0.2, 0.25) is 6.79 Å². The first-order valence-corrected chi connectivity index (χ1v) is 9.81. The summed E-state index contributed by atoms with van der Waals surface area (Å²) in [6.45, 7) is 2.39. The highest BCUT2D eigenvalue weighted by molar-refractivity contribution is 7.13. The van der Waals surface area contributed by atoms with Crippen molar-refractivity contribution in [1.82, 2.24) is 4.98 Å². The van der Waals surface area contributed by atoms with E-state index in [-0.39, 0.29) is 26.0 Å². The summed E-state index contributed by atoms with van der Waals surface area (Å²) in [5.41, 5.74) is 1.65. The number of ether oxygens (including phenoxy) is 5. The van der Waals surface area contributed by atoms with Gasteiger partial charge in [-0.1, -0.05) is 0 Å². The first-order valence-electron chi connectivity index (χ1n) is 8.93. The largest absolute Gasteiger partial charge is 0.457 e. The van der Waals surface area contributed by atoms with Gasteiger partial charge in [0.1, 0.15) is 18.2 Å². The topological polar surface area (TPSA) is 76.1 Å². The Kier molecular flexibility index (Phi) is 5.86. The van der Waals surface area contributed by atoms with E-state index < -0.39 is 0 Å². The highest BCUT2D eigenvalue weighted by atomic mass is 32.1. The average Bonchev–Trinajstić information content (AvgIpc) is 3.36. The molecule has 2 aliphatic heterocycles. The van der Waals surface area contributed by atoms with Crippen LogP contribution in [0, 0.1) is 5.92 Å². The fourth-order valence-corrected chi connectivity index (χ4v) is 3.78. The van der Waals surface area contributed by atoms with Crippen LogP contribution < -0.4 is 9.47 Å². The summed E-state index contributed by atoms with van der Waals surface area (Å²) in [5, 5.41) is 2.72. The first-order chi connectivity index (χ1) is 13.3. The van der Waals surface area contributed by atoms with Gasteiger partial charge in [0.05, 0.1) is 18.9 Å². The molecule has 1 unspecified atom stereocenters. The van der Waals surface area contributed by atoms with Gasteiger partial charge >= 0.3 is 5.97 Å². The molecule has 2 aliphatic rings. The summed E-state index contributed by atoms with van der Waals surface area (Å²) in [4.78, 5) is 16.3. The molecule has 1 aromatic carbocycles. The van der Waals surface area contributed by atoms with Gasteiger partial charge in [-0.3, -0.25) is 0 Å². The van der Waals surface area contributed by atoms with Crippen molar-refractivity contribution in [2.75, 3.05) is 33.2 Å². The number of benzene rings is 1. The Morgan fingerprint density at radius 1 is 1.30 bits per heavy atom. The van der Waals surface area contributed by atoms with E-state index in [1.165, 1.54) is 11.3 Å². The molecule has 27 heavy (non-hydrogen) atoms. The lowest BCUT2D eigenvalue weighted by Gasteiger charge is -2.21. The Bertz CT molecular complexity index is 786. The Balaban J connectivity index is 1.23. The van der Waals surface area contributed by atoms with Crippen molar-refractivity contribution in [3.8, 4) is 22.1 Å². The molecule has 1 saturated heterocycles. The summed E-state index contributed by atoms with van der Waals surface area (Å²) in [6.07, 6.45) is 2.13. The predicted molar refractivity (Wildman–Crippen MR) is 97.8 cm³/mol. The van der Waals surface area contributed by atoms with Gasteiger partial charge < -0.3 is 23.7 Å².